The van der Waals surface area contributed by atoms with E-state index in [0.717, 1.165) is 11.1 Å². The van der Waals surface area contributed by atoms with Crippen molar-refractivity contribution >= 4 is 13.2 Å². The van der Waals surface area contributed by atoms with Crippen molar-refractivity contribution in [3.63, 3.8) is 0 Å². The molecule has 0 spiro atoms. The molecule has 1 unspecified atom stereocenters. The first-order valence-electron chi connectivity index (χ1n) is 6.71. The third kappa shape index (κ3) is 4.19. The molecule has 2 aromatic carbocycles. The fourth-order valence-electron chi connectivity index (χ4n) is 2.05. The lowest BCUT2D eigenvalue weighted by atomic mass is 10.1. The summed E-state index contributed by atoms with van der Waals surface area (Å²) < 4.78 is 0. The van der Waals surface area contributed by atoms with Crippen molar-refractivity contribution in [1.29, 1.82) is 0 Å². The summed E-state index contributed by atoms with van der Waals surface area (Å²) in [7, 11) is -3.82. The predicted molar refractivity (Wildman–Crippen MR) is 84.6 cm³/mol. The molecule has 0 radical (unpaired) electrons. The molecule has 0 aromatic heterocycles. The first-order chi connectivity index (χ1) is 10.00. The normalized spacial score (nSPS) is 12.9. The largest absolute Gasteiger partial charge is 0.355 e. The smallest absolute Gasteiger partial charge is 0.291 e. The number of hydrogen-bond acceptors (Lipinski definition) is 4. The maximum Gasteiger partial charge on any atom is 0.355 e. The van der Waals surface area contributed by atoms with Crippen LogP contribution < -0.4 is 5.73 Å². The van der Waals surface area contributed by atoms with Crippen LogP contribution in [0.5, 0.6) is 0 Å². The molecule has 0 heterocycles. The number of benzene rings is 2. The topological polar surface area (TPSA) is 83.6 Å². The minimum Gasteiger partial charge on any atom is -0.291 e. The molecular weight excluding hydrogens is 285 g/mol. The summed E-state index contributed by atoms with van der Waals surface area (Å²) >= 11 is 0. The van der Waals surface area contributed by atoms with Crippen LogP contribution in [-0.2, 0) is 17.6 Å². The number of nitrogens with two attached hydrogens (primary N) is 1. The van der Waals surface area contributed by atoms with E-state index >= 15 is 0 Å². The van der Waals surface area contributed by atoms with Crippen LogP contribution in [0, 0.1) is 0 Å². The van der Waals surface area contributed by atoms with Gasteiger partial charge in [-0.25, -0.2) is 14.6 Å². The number of hydrogen-bond donors (Lipinski definition) is 3. The van der Waals surface area contributed by atoms with Gasteiger partial charge in [0.05, 0.1) is 6.42 Å². The molecule has 0 bridgehead atoms. The molecule has 4 nitrogen and oxygen atoms in total. The highest BCUT2D eigenvalue weighted by Gasteiger charge is 2.49. The zero-order valence-corrected chi connectivity index (χ0v) is 12.5. The molecule has 0 aliphatic carbocycles. The van der Waals surface area contributed by atoms with Gasteiger partial charge in [0, 0.05) is 6.42 Å². The second-order valence-corrected chi connectivity index (χ2v) is 7.42. The van der Waals surface area contributed by atoms with Gasteiger partial charge in [0.15, 0.2) is 5.78 Å². The second-order valence-electron chi connectivity index (χ2n) is 4.96. The highest BCUT2D eigenvalue weighted by atomic mass is 31.2. The van der Waals surface area contributed by atoms with Crippen molar-refractivity contribution < 1.29 is 14.6 Å². The third-order valence-corrected chi connectivity index (χ3v) is 5.32. The minimum atomic E-state index is -3.82. The Kier molecular flexibility index (Phi) is 5.21. The summed E-state index contributed by atoms with van der Waals surface area (Å²) in [5.74, 6) is -0.962. The van der Waals surface area contributed by atoms with Crippen molar-refractivity contribution in [2.75, 3.05) is 0 Å². The summed E-state index contributed by atoms with van der Waals surface area (Å²) in [5, 5.41) is 0. The Morgan fingerprint density at radius 1 is 0.952 bits per heavy atom. The number of rotatable bonds is 6. The van der Waals surface area contributed by atoms with E-state index in [1.54, 1.807) is 24.3 Å². The zero-order valence-electron chi connectivity index (χ0n) is 11.6. The SMILES string of the molecule is NC(Cc1ccccc1)[P+](O)(O)C(=O)Cc1ccccc1. The Balaban J connectivity index is 2.04. The molecule has 2 aromatic rings. The van der Waals surface area contributed by atoms with Gasteiger partial charge in [-0.15, -0.1) is 0 Å². The average Bonchev–Trinajstić information content (AvgIpc) is 2.49. The van der Waals surface area contributed by atoms with E-state index in [9.17, 15) is 14.6 Å². The van der Waals surface area contributed by atoms with Gasteiger partial charge in [-0.3, -0.25) is 5.73 Å². The van der Waals surface area contributed by atoms with Crippen LogP contribution >= 0.6 is 7.72 Å². The molecule has 4 N–H and O–H groups in total. The van der Waals surface area contributed by atoms with Gasteiger partial charge in [-0.05, 0) is 11.1 Å². The Bertz CT molecular complexity index is 587. The lowest BCUT2D eigenvalue weighted by molar-refractivity contribution is -0.112. The van der Waals surface area contributed by atoms with Crippen molar-refractivity contribution in [2.24, 2.45) is 5.73 Å². The second kappa shape index (κ2) is 6.92. The summed E-state index contributed by atoms with van der Waals surface area (Å²) in [5.41, 5.74) is 6.91. The fraction of sp³-hybridized carbons (Fsp3) is 0.188. The van der Waals surface area contributed by atoms with E-state index in [1.807, 2.05) is 36.4 Å². The van der Waals surface area contributed by atoms with E-state index in [2.05, 4.69) is 0 Å². The van der Waals surface area contributed by atoms with Crippen molar-refractivity contribution in [1.82, 2.24) is 0 Å². The van der Waals surface area contributed by atoms with Gasteiger partial charge >= 0.3 is 13.2 Å². The molecule has 0 amide bonds. The first kappa shape index (κ1) is 15.8. The van der Waals surface area contributed by atoms with E-state index in [1.165, 1.54) is 0 Å². The van der Waals surface area contributed by atoms with Gasteiger partial charge < -0.3 is 0 Å². The molecule has 1 atom stereocenters. The lowest BCUT2D eigenvalue weighted by Crippen LogP contribution is -2.31. The van der Waals surface area contributed by atoms with Gasteiger partial charge in [0.2, 0.25) is 0 Å². The zero-order chi connectivity index (χ0) is 15.3. The molecule has 0 aliphatic rings. The fourth-order valence-corrected chi connectivity index (χ4v) is 3.31. The molecule has 2 rings (SSSR count). The summed E-state index contributed by atoms with van der Waals surface area (Å²) in [4.78, 5) is 32.5. The Morgan fingerprint density at radius 3 is 1.95 bits per heavy atom. The van der Waals surface area contributed by atoms with Crippen LogP contribution in [0.15, 0.2) is 60.7 Å². The van der Waals surface area contributed by atoms with Crippen LogP contribution in [0.2, 0.25) is 0 Å². The quantitative estimate of drug-likeness (QED) is 0.714. The molecule has 5 heteroatoms. The maximum absolute atomic E-state index is 12.1. The van der Waals surface area contributed by atoms with Crippen LogP contribution in [0.25, 0.3) is 0 Å². The molecule has 0 aliphatic heterocycles. The van der Waals surface area contributed by atoms with E-state index in [4.69, 9.17) is 5.73 Å². The van der Waals surface area contributed by atoms with Gasteiger partial charge in [0.1, 0.15) is 0 Å². The number of carbonyl (C=O) groups is 1. The maximum atomic E-state index is 12.1. The number of carbonyl (C=O) groups excluding carboxylic acids is 1. The monoisotopic (exact) mass is 304 g/mol. The molecular formula is C16H19NO3P+. The van der Waals surface area contributed by atoms with Gasteiger partial charge in [-0.2, -0.15) is 0 Å². The van der Waals surface area contributed by atoms with Crippen LogP contribution in [-0.4, -0.2) is 21.1 Å². The van der Waals surface area contributed by atoms with E-state index in [-0.39, 0.29) is 12.8 Å². The highest BCUT2D eigenvalue weighted by Crippen LogP contribution is 2.55. The Hall–Kier alpha value is -1.58. The van der Waals surface area contributed by atoms with Crippen LogP contribution in [0.3, 0.4) is 0 Å². The molecule has 0 saturated heterocycles. The Labute approximate surface area is 124 Å². The van der Waals surface area contributed by atoms with Crippen LogP contribution in [0.1, 0.15) is 11.1 Å². The third-order valence-electron chi connectivity index (χ3n) is 3.32. The molecule has 21 heavy (non-hydrogen) atoms. The molecule has 0 saturated carbocycles. The summed E-state index contributed by atoms with van der Waals surface area (Å²) in [6.07, 6.45) is 0.256. The first-order valence-corrected chi connectivity index (χ1v) is 8.47. The highest BCUT2D eigenvalue weighted by molar-refractivity contribution is 7.81. The predicted octanol–water partition coefficient (Wildman–Crippen LogP) is 2.12. The molecule has 110 valence electrons. The summed E-state index contributed by atoms with van der Waals surface area (Å²) in [6, 6.07) is 18.3. The minimum absolute atomic E-state index is 0.00981. The average molecular weight is 304 g/mol. The van der Waals surface area contributed by atoms with Crippen molar-refractivity contribution in [2.45, 2.75) is 18.6 Å². The van der Waals surface area contributed by atoms with Crippen LogP contribution in [0.4, 0.5) is 0 Å². The lowest BCUT2D eigenvalue weighted by Gasteiger charge is -2.17. The van der Waals surface area contributed by atoms with E-state index < -0.39 is 19.0 Å². The van der Waals surface area contributed by atoms with E-state index in [0.29, 0.717) is 0 Å². The van der Waals surface area contributed by atoms with Crippen molar-refractivity contribution in [3.8, 4) is 0 Å². The summed E-state index contributed by atoms with van der Waals surface area (Å²) in [6.45, 7) is 0. The Morgan fingerprint density at radius 2 is 1.43 bits per heavy atom. The van der Waals surface area contributed by atoms with Gasteiger partial charge in [-0.1, -0.05) is 60.7 Å². The standard InChI is InChI=1S/C16H19NO3P/c17-15(11-13-7-3-1-4-8-13)21(19,20)16(18)12-14-9-5-2-6-10-14/h1-10,15,19-20H,11-12,17H2/q+1. The van der Waals surface area contributed by atoms with Crippen molar-refractivity contribution in [3.05, 3.63) is 71.8 Å². The molecule has 0 fully saturated rings. The van der Waals surface area contributed by atoms with Gasteiger partial charge in [0.25, 0.3) is 0 Å².